The Balaban J connectivity index is 2.31. The molecule has 3 nitrogen and oxygen atoms in total. The van der Waals surface area contributed by atoms with E-state index in [0.717, 1.165) is 11.1 Å². The molecule has 0 fully saturated rings. The lowest BCUT2D eigenvalue weighted by molar-refractivity contribution is 0.447. The van der Waals surface area contributed by atoms with Gasteiger partial charge in [0.05, 0.1) is 0 Å². The van der Waals surface area contributed by atoms with Crippen molar-refractivity contribution in [3.8, 4) is 17.2 Å². The highest BCUT2D eigenvalue weighted by molar-refractivity contribution is 5.73. The summed E-state index contributed by atoms with van der Waals surface area (Å²) in [6.45, 7) is 1.78. The first-order chi connectivity index (χ1) is 8.56. The molecule has 0 atom stereocenters. The highest BCUT2D eigenvalue weighted by atomic mass is 16.3. The van der Waals surface area contributed by atoms with Crippen LogP contribution in [0.5, 0.6) is 17.2 Å². The van der Waals surface area contributed by atoms with E-state index in [1.54, 1.807) is 43.3 Å². The van der Waals surface area contributed by atoms with Crippen LogP contribution in [-0.4, -0.2) is 15.3 Å². The van der Waals surface area contributed by atoms with Crippen LogP contribution in [0.4, 0.5) is 0 Å². The third-order valence-corrected chi connectivity index (χ3v) is 2.75. The molecule has 0 spiro atoms. The fourth-order valence-electron chi connectivity index (χ4n) is 1.65. The third kappa shape index (κ3) is 2.63. The molecule has 0 bridgehead atoms. The van der Waals surface area contributed by atoms with Gasteiger partial charge in [0.25, 0.3) is 0 Å². The Labute approximate surface area is 105 Å². The number of aromatic hydroxyl groups is 3. The number of rotatable bonds is 2. The molecule has 0 radical (unpaired) electrons. The second-order valence-electron chi connectivity index (χ2n) is 4.10. The molecule has 18 heavy (non-hydrogen) atoms. The predicted molar refractivity (Wildman–Crippen MR) is 71.5 cm³/mol. The van der Waals surface area contributed by atoms with Crippen LogP contribution in [0.2, 0.25) is 0 Å². The summed E-state index contributed by atoms with van der Waals surface area (Å²) >= 11 is 0. The maximum Gasteiger partial charge on any atom is 0.122 e. The van der Waals surface area contributed by atoms with E-state index in [1.165, 1.54) is 6.07 Å². The van der Waals surface area contributed by atoms with Crippen molar-refractivity contribution >= 4 is 12.2 Å². The number of hydrogen-bond acceptors (Lipinski definition) is 3. The molecule has 0 aliphatic rings. The molecule has 92 valence electrons. The van der Waals surface area contributed by atoms with E-state index in [4.69, 9.17) is 5.11 Å². The van der Waals surface area contributed by atoms with Gasteiger partial charge in [-0.15, -0.1) is 0 Å². The van der Waals surface area contributed by atoms with Crippen molar-refractivity contribution in [3.63, 3.8) is 0 Å². The Morgan fingerprint density at radius 2 is 1.50 bits per heavy atom. The molecule has 0 heterocycles. The van der Waals surface area contributed by atoms with Crippen LogP contribution in [0.25, 0.3) is 12.2 Å². The minimum atomic E-state index is 0.0310. The summed E-state index contributed by atoms with van der Waals surface area (Å²) in [5.41, 5.74) is 2.39. The maximum atomic E-state index is 9.59. The molecular formula is C15H14O3. The average molecular weight is 242 g/mol. The monoisotopic (exact) mass is 242 g/mol. The van der Waals surface area contributed by atoms with Crippen molar-refractivity contribution in [1.29, 1.82) is 0 Å². The van der Waals surface area contributed by atoms with E-state index < -0.39 is 0 Å². The van der Waals surface area contributed by atoms with E-state index in [-0.39, 0.29) is 17.2 Å². The van der Waals surface area contributed by atoms with E-state index >= 15 is 0 Å². The van der Waals surface area contributed by atoms with Gasteiger partial charge in [0, 0.05) is 6.07 Å². The second-order valence-corrected chi connectivity index (χ2v) is 4.10. The molecule has 3 N–H and O–H groups in total. The van der Waals surface area contributed by atoms with Crippen molar-refractivity contribution in [3.05, 3.63) is 53.1 Å². The Bertz CT molecular complexity index is 583. The van der Waals surface area contributed by atoms with Crippen LogP contribution in [0, 0.1) is 6.92 Å². The van der Waals surface area contributed by atoms with Crippen LogP contribution < -0.4 is 0 Å². The van der Waals surface area contributed by atoms with Crippen molar-refractivity contribution in [1.82, 2.24) is 0 Å². The first-order valence-corrected chi connectivity index (χ1v) is 5.56. The topological polar surface area (TPSA) is 60.7 Å². The van der Waals surface area contributed by atoms with Gasteiger partial charge in [-0.3, -0.25) is 0 Å². The summed E-state index contributed by atoms with van der Waals surface area (Å²) in [6, 6.07) is 9.67. The van der Waals surface area contributed by atoms with Gasteiger partial charge in [0.1, 0.15) is 17.2 Å². The first kappa shape index (κ1) is 12.0. The number of benzene rings is 2. The second kappa shape index (κ2) is 4.84. The van der Waals surface area contributed by atoms with Gasteiger partial charge in [-0.1, -0.05) is 24.3 Å². The van der Waals surface area contributed by atoms with Gasteiger partial charge >= 0.3 is 0 Å². The van der Waals surface area contributed by atoms with Crippen molar-refractivity contribution in [2.24, 2.45) is 0 Å². The molecule has 0 amide bonds. The number of phenolic OH excluding ortho intramolecular Hbond substituents is 3. The molecule has 0 unspecified atom stereocenters. The smallest absolute Gasteiger partial charge is 0.122 e. The van der Waals surface area contributed by atoms with Crippen molar-refractivity contribution in [2.75, 3.05) is 0 Å². The predicted octanol–water partition coefficient (Wildman–Crippen LogP) is 3.28. The Kier molecular flexibility index (Phi) is 3.24. The number of phenols is 3. The van der Waals surface area contributed by atoms with Crippen LogP contribution >= 0.6 is 0 Å². The molecule has 0 aromatic heterocycles. The molecule has 0 aliphatic heterocycles. The fourth-order valence-corrected chi connectivity index (χ4v) is 1.65. The highest BCUT2D eigenvalue weighted by Gasteiger charge is 2.03. The molecule has 0 aliphatic carbocycles. The molecule has 3 heteroatoms. The Hall–Kier alpha value is -2.42. The summed E-state index contributed by atoms with van der Waals surface area (Å²) < 4.78 is 0. The van der Waals surface area contributed by atoms with Gasteiger partial charge in [-0.25, -0.2) is 0 Å². The molecular weight excluding hydrogens is 228 g/mol. The van der Waals surface area contributed by atoms with Gasteiger partial charge in [0.15, 0.2) is 0 Å². The zero-order valence-electron chi connectivity index (χ0n) is 9.96. The SMILES string of the molecule is Cc1c(O)cc(O)cc1C=Cc1ccc(O)cc1. The minimum absolute atomic E-state index is 0.0310. The quantitative estimate of drug-likeness (QED) is 0.708. The molecule has 2 rings (SSSR count). The summed E-state index contributed by atoms with van der Waals surface area (Å²) in [5, 5.41) is 28.2. The summed E-state index contributed by atoms with van der Waals surface area (Å²) in [7, 11) is 0. The van der Waals surface area contributed by atoms with E-state index in [9.17, 15) is 10.2 Å². The van der Waals surface area contributed by atoms with E-state index in [0.29, 0.717) is 5.56 Å². The number of hydrogen-bond donors (Lipinski definition) is 3. The van der Waals surface area contributed by atoms with Crippen LogP contribution in [-0.2, 0) is 0 Å². The van der Waals surface area contributed by atoms with Crippen LogP contribution in [0.1, 0.15) is 16.7 Å². The maximum absolute atomic E-state index is 9.59. The highest BCUT2D eigenvalue weighted by Crippen LogP contribution is 2.27. The van der Waals surface area contributed by atoms with Gasteiger partial charge in [0.2, 0.25) is 0 Å². The Morgan fingerprint density at radius 1 is 0.833 bits per heavy atom. The van der Waals surface area contributed by atoms with Gasteiger partial charge < -0.3 is 15.3 Å². The molecule has 2 aromatic carbocycles. The summed E-state index contributed by atoms with van der Waals surface area (Å²) in [4.78, 5) is 0. The normalized spacial score (nSPS) is 10.9. The lowest BCUT2D eigenvalue weighted by atomic mass is 10.1. The lowest BCUT2D eigenvalue weighted by Gasteiger charge is -2.04. The molecule has 0 saturated heterocycles. The van der Waals surface area contributed by atoms with Crippen LogP contribution in [0.3, 0.4) is 0 Å². The van der Waals surface area contributed by atoms with Crippen molar-refractivity contribution in [2.45, 2.75) is 6.92 Å². The largest absolute Gasteiger partial charge is 0.508 e. The standard InChI is InChI=1S/C15H14O3/c1-10-12(8-14(17)9-15(10)18)5-2-11-3-6-13(16)7-4-11/h2-9,16-18H,1H3. The average Bonchev–Trinajstić information content (AvgIpc) is 2.34. The Morgan fingerprint density at radius 3 is 2.17 bits per heavy atom. The molecule has 2 aromatic rings. The third-order valence-electron chi connectivity index (χ3n) is 2.75. The van der Waals surface area contributed by atoms with Crippen LogP contribution in [0.15, 0.2) is 36.4 Å². The minimum Gasteiger partial charge on any atom is -0.508 e. The fraction of sp³-hybridized carbons (Fsp3) is 0.0667. The van der Waals surface area contributed by atoms with Crippen molar-refractivity contribution < 1.29 is 15.3 Å². The summed E-state index contributed by atoms with van der Waals surface area (Å²) in [5.74, 6) is 0.321. The molecule has 0 saturated carbocycles. The zero-order valence-corrected chi connectivity index (χ0v) is 9.96. The first-order valence-electron chi connectivity index (χ1n) is 5.56. The summed E-state index contributed by atoms with van der Waals surface area (Å²) in [6.07, 6.45) is 3.65. The zero-order chi connectivity index (χ0) is 13.1. The lowest BCUT2D eigenvalue weighted by Crippen LogP contribution is -1.82. The van der Waals surface area contributed by atoms with Gasteiger partial charge in [-0.2, -0.15) is 0 Å². The van der Waals surface area contributed by atoms with E-state index in [2.05, 4.69) is 0 Å². The van der Waals surface area contributed by atoms with Gasteiger partial charge in [-0.05, 0) is 41.8 Å². The van der Waals surface area contributed by atoms with E-state index in [1.807, 2.05) is 6.08 Å².